The zero-order valence-corrected chi connectivity index (χ0v) is 13.4. The van der Waals surface area contributed by atoms with Crippen molar-refractivity contribution in [2.24, 2.45) is 0 Å². The highest BCUT2D eigenvalue weighted by Crippen LogP contribution is 2.28. The molecule has 5 heteroatoms. The highest BCUT2D eigenvalue weighted by atomic mass is 16.5. The lowest BCUT2D eigenvalue weighted by atomic mass is 10.2. The number of hydrogen-bond donors (Lipinski definition) is 0. The van der Waals surface area contributed by atoms with Gasteiger partial charge in [0, 0.05) is 37.6 Å². The largest absolute Gasteiger partial charge is 0.495 e. The van der Waals surface area contributed by atoms with Crippen molar-refractivity contribution in [2.45, 2.75) is 13.8 Å². The average Bonchev–Trinajstić information content (AvgIpc) is 2.54. The number of hydrogen-bond acceptors (Lipinski definition) is 5. The third-order valence-corrected chi connectivity index (χ3v) is 3.96. The topological polar surface area (TPSA) is 41.5 Å². The van der Waals surface area contributed by atoms with E-state index in [0.29, 0.717) is 0 Å². The highest BCUT2D eigenvalue weighted by molar-refractivity contribution is 5.59. The third-order valence-electron chi connectivity index (χ3n) is 3.96. The van der Waals surface area contributed by atoms with Crippen molar-refractivity contribution in [3.63, 3.8) is 0 Å². The first-order valence-corrected chi connectivity index (χ1v) is 7.62. The van der Waals surface area contributed by atoms with Crippen LogP contribution < -0.4 is 14.5 Å². The summed E-state index contributed by atoms with van der Waals surface area (Å²) in [6, 6.07) is 10.2. The molecule has 0 radical (unpaired) electrons. The Morgan fingerprint density at radius 3 is 2.14 bits per heavy atom. The maximum Gasteiger partial charge on any atom is 0.225 e. The number of para-hydroxylation sites is 2. The van der Waals surface area contributed by atoms with Gasteiger partial charge in [-0.15, -0.1) is 0 Å². The van der Waals surface area contributed by atoms with Gasteiger partial charge in [-0.25, -0.2) is 9.97 Å². The third kappa shape index (κ3) is 2.98. The van der Waals surface area contributed by atoms with E-state index in [1.165, 1.54) is 0 Å². The Labute approximate surface area is 131 Å². The number of nitrogens with zero attached hydrogens (tertiary/aromatic N) is 4. The highest BCUT2D eigenvalue weighted by Gasteiger charge is 2.21. The van der Waals surface area contributed by atoms with E-state index in [0.717, 1.165) is 55.0 Å². The Balaban J connectivity index is 1.72. The van der Waals surface area contributed by atoms with Crippen LogP contribution in [-0.2, 0) is 0 Å². The molecule has 3 rings (SSSR count). The number of methoxy groups -OCH3 is 1. The number of aromatic nitrogens is 2. The molecule has 0 saturated carbocycles. The van der Waals surface area contributed by atoms with Crippen LogP contribution in [0.15, 0.2) is 30.3 Å². The fraction of sp³-hybridized carbons (Fsp3) is 0.412. The van der Waals surface area contributed by atoms with Gasteiger partial charge in [-0.2, -0.15) is 0 Å². The van der Waals surface area contributed by atoms with Gasteiger partial charge in [-0.1, -0.05) is 12.1 Å². The summed E-state index contributed by atoms with van der Waals surface area (Å²) in [5, 5.41) is 0. The minimum Gasteiger partial charge on any atom is -0.495 e. The first-order chi connectivity index (χ1) is 10.7. The van der Waals surface area contributed by atoms with E-state index in [9.17, 15) is 0 Å². The van der Waals surface area contributed by atoms with E-state index in [1.54, 1.807) is 7.11 Å². The number of piperazine rings is 1. The smallest absolute Gasteiger partial charge is 0.225 e. The molecule has 0 atom stereocenters. The van der Waals surface area contributed by atoms with Gasteiger partial charge in [0.05, 0.1) is 12.8 Å². The first-order valence-electron chi connectivity index (χ1n) is 7.62. The molecular weight excluding hydrogens is 276 g/mol. The Hall–Kier alpha value is -2.30. The van der Waals surface area contributed by atoms with Crippen LogP contribution in [0.5, 0.6) is 5.75 Å². The lowest BCUT2D eigenvalue weighted by Crippen LogP contribution is -2.47. The van der Waals surface area contributed by atoms with Crippen molar-refractivity contribution in [2.75, 3.05) is 43.1 Å². The summed E-state index contributed by atoms with van der Waals surface area (Å²) in [4.78, 5) is 13.7. The lowest BCUT2D eigenvalue weighted by Gasteiger charge is -2.36. The van der Waals surface area contributed by atoms with Crippen molar-refractivity contribution in [1.29, 1.82) is 0 Å². The Morgan fingerprint density at radius 2 is 1.50 bits per heavy atom. The summed E-state index contributed by atoms with van der Waals surface area (Å²) < 4.78 is 5.46. The Morgan fingerprint density at radius 1 is 0.909 bits per heavy atom. The van der Waals surface area contributed by atoms with Crippen LogP contribution >= 0.6 is 0 Å². The molecule has 1 fully saturated rings. The SMILES string of the molecule is COc1ccccc1N1CCN(c2nc(C)cc(C)n2)CC1. The second-order valence-electron chi connectivity index (χ2n) is 5.60. The maximum atomic E-state index is 5.46. The van der Waals surface area contributed by atoms with Crippen molar-refractivity contribution in [3.05, 3.63) is 41.7 Å². The van der Waals surface area contributed by atoms with Gasteiger partial charge in [-0.05, 0) is 32.0 Å². The van der Waals surface area contributed by atoms with Crippen LogP contribution in [0.25, 0.3) is 0 Å². The van der Waals surface area contributed by atoms with E-state index >= 15 is 0 Å². The summed E-state index contributed by atoms with van der Waals surface area (Å²) in [6.07, 6.45) is 0. The van der Waals surface area contributed by atoms with E-state index in [1.807, 2.05) is 32.0 Å². The molecule has 0 N–H and O–H groups in total. The van der Waals surface area contributed by atoms with Crippen LogP contribution in [-0.4, -0.2) is 43.3 Å². The molecule has 116 valence electrons. The predicted molar refractivity (Wildman–Crippen MR) is 88.9 cm³/mol. The second kappa shape index (κ2) is 6.22. The van der Waals surface area contributed by atoms with Gasteiger partial charge in [0.2, 0.25) is 5.95 Å². The normalized spacial score (nSPS) is 15.0. The molecule has 0 spiro atoms. The van der Waals surface area contributed by atoms with Crippen molar-refractivity contribution in [3.8, 4) is 5.75 Å². The second-order valence-corrected chi connectivity index (χ2v) is 5.60. The van der Waals surface area contributed by atoms with Crippen LogP contribution in [0.1, 0.15) is 11.4 Å². The molecule has 1 aromatic heterocycles. The first kappa shape index (κ1) is 14.6. The lowest BCUT2D eigenvalue weighted by molar-refractivity contribution is 0.413. The van der Waals surface area contributed by atoms with E-state index < -0.39 is 0 Å². The van der Waals surface area contributed by atoms with E-state index in [2.05, 4.69) is 31.9 Å². The molecule has 0 aliphatic carbocycles. The van der Waals surface area contributed by atoms with Crippen LogP contribution in [0, 0.1) is 13.8 Å². The molecule has 0 bridgehead atoms. The molecular formula is C17H22N4O. The molecule has 0 amide bonds. The summed E-state index contributed by atoms with van der Waals surface area (Å²) >= 11 is 0. The van der Waals surface area contributed by atoms with Gasteiger partial charge in [0.1, 0.15) is 5.75 Å². The van der Waals surface area contributed by atoms with Gasteiger partial charge < -0.3 is 14.5 Å². The molecule has 22 heavy (non-hydrogen) atoms. The van der Waals surface area contributed by atoms with Crippen LogP contribution in [0.2, 0.25) is 0 Å². The molecule has 5 nitrogen and oxygen atoms in total. The molecule has 1 aliphatic heterocycles. The molecule has 2 heterocycles. The molecule has 1 saturated heterocycles. The molecule has 1 aliphatic rings. The average molecular weight is 298 g/mol. The standard InChI is InChI=1S/C17H22N4O/c1-13-12-14(2)19-17(18-13)21-10-8-20(9-11-21)15-6-4-5-7-16(15)22-3/h4-7,12H,8-11H2,1-3H3. The minimum atomic E-state index is 0.845. The summed E-state index contributed by atoms with van der Waals surface area (Å²) in [5.74, 6) is 1.77. The monoisotopic (exact) mass is 298 g/mol. The van der Waals surface area contributed by atoms with Crippen molar-refractivity contribution < 1.29 is 4.74 Å². The number of aryl methyl sites for hydroxylation is 2. The molecule has 0 unspecified atom stereocenters. The minimum absolute atomic E-state index is 0.845. The van der Waals surface area contributed by atoms with Gasteiger partial charge in [0.15, 0.2) is 0 Å². The van der Waals surface area contributed by atoms with Gasteiger partial charge >= 0.3 is 0 Å². The number of ether oxygens (including phenoxy) is 1. The molecule has 2 aromatic rings. The quantitative estimate of drug-likeness (QED) is 0.870. The summed E-state index contributed by atoms with van der Waals surface area (Å²) in [5.41, 5.74) is 3.20. The fourth-order valence-electron chi connectivity index (χ4n) is 2.89. The van der Waals surface area contributed by atoms with Gasteiger partial charge in [-0.3, -0.25) is 0 Å². The van der Waals surface area contributed by atoms with E-state index in [-0.39, 0.29) is 0 Å². The van der Waals surface area contributed by atoms with Gasteiger partial charge in [0.25, 0.3) is 0 Å². The van der Waals surface area contributed by atoms with E-state index in [4.69, 9.17) is 4.74 Å². The number of rotatable bonds is 3. The van der Waals surface area contributed by atoms with Crippen LogP contribution in [0.3, 0.4) is 0 Å². The zero-order valence-electron chi connectivity index (χ0n) is 13.4. The summed E-state index contributed by atoms with van der Waals surface area (Å²) in [7, 11) is 1.72. The maximum absolute atomic E-state index is 5.46. The van der Waals surface area contributed by atoms with Crippen molar-refractivity contribution in [1.82, 2.24) is 9.97 Å². The fourth-order valence-corrected chi connectivity index (χ4v) is 2.89. The Bertz CT molecular complexity index is 631. The summed E-state index contributed by atoms with van der Waals surface area (Å²) in [6.45, 7) is 7.75. The zero-order chi connectivity index (χ0) is 15.5. The number of anilines is 2. The predicted octanol–water partition coefficient (Wildman–Crippen LogP) is 2.43. The van der Waals surface area contributed by atoms with Crippen LogP contribution in [0.4, 0.5) is 11.6 Å². The van der Waals surface area contributed by atoms with Crippen molar-refractivity contribution >= 4 is 11.6 Å². The molecule has 1 aromatic carbocycles. The Kier molecular flexibility index (Phi) is 4.13. The number of benzene rings is 1.